The fourth-order valence-electron chi connectivity index (χ4n) is 8.10. The van der Waals surface area contributed by atoms with Gasteiger partial charge in [0.1, 0.15) is 5.82 Å². The fourth-order valence-corrected chi connectivity index (χ4v) is 8.97. The van der Waals surface area contributed by atoms with Crippen LogP contribution in [-0.2, 0) is 25.9 Å². The maximum atomic E-state index is 13.5. The summed E-state index contributed by atoms with van der Waals surface area (Å²) < 4.78 is 1.02. The second kappa shape index (κ2) is 13.4. The Kier molecular flexibility index (Phi) is 8.64. The summed E-state index contributed by atoms with van der Waals surface area (Å²) in [4.78, 5) is 40.1. The Morgan fingerprint density at radius 3 is 2.55 bits per heavy atom. The van der Waals surface area contributed by atoms with Gasteiger partial charge in [0.15, 0.2) is 10.8 Å². The first kappa shape index (κ1) is 31.7. The zero-order valence-corrected chi connectivity index (χ0v) is 28.6. The zero-order chi connectivity index (χ0) is 33.5. The van der Waals surface area contributed by atoms with Crippen LogP contribution < -0.4 is 10.2 Å². The number of carbonyl (C=O) groups excluding carboxylic acids is 1. The third kappa shape index (κ3) is 6.33. The lowest BCUT2D eigenvalue weighted by atomic mass is 9.83. The molecule has 8 rings (SSSR count). The molecular weight excluding hydrogens is 631 g/mol. The van der Waals surface area contributed by atoms with Crippen molar-refractivity contribution in [2.24, 2.45) is 5.92 Å². The van der Waals surface area contributed by atoms with E-state index in [1.54, 1.807) is 0 Å². The molecule has 1 amide bonds. The van der Waals surface area contributed by atoms with Crippen molar-refractivity contribution < 1.29 is 14.7 Å². The van der Waals surface area contributed by atoms with Crippen molar-refractivity contribution in [3.05, 3.63) is 106 Å². The molecule has 0 saturated heterocycles. The monoisotopic (exact) mass is 671 g/mol. The maximum absolute atomic E-state index is 13.5. The lowest BCUT2D eigenvalue weighted by molar-refractivity contribution is 0.0691. The van der Waals surface area contributed by atoms with Gasteiger partial charge < -0.3 is 10.0 Å². The molecular formula is C40H41N5O3S. The largest absolute Gasteiger partial charge is 0.476 e. The van der Waals surface area contributed by atoms with Gasteiger partial charge in [0.2, 0.25) is 0 Å². The minimum Gasteiger partial charge on any atom is -0.476 e. The van der Waals surface area contributed by atoms with Crippen LogP contribution in [0.5, 0.6) is 0 Å². The Labute approximate surface area is 290 Å². The third-order valence-electron chi connectivity index (χ3n) is 10.9. The van der Waals surface area contributed by atoms with Gasteiger partial charge in [0, 0.05) is 43.3 Å². The first-order valence-electron chi connectivity index (χ1n) is 17.5. The number of rotatable bonds is 7. The standard InChI is InChI=1S/C40H41N5O3S/c1-25(26-8-3-2-4-9-26)44-20-19-28-22-29(14-15-30(28)23-44)31-16-17-36(42-37(31)39(47)48)45-21-18-27-10-7-11-32(33(27)24-45)38(46)43-40-41-34-12-5-6-13-35(34)49-40/h5-7,10-17,22,25-26H,2-4,8-9,18-21,23-24H2,1H3,(H,47,48)(H,41,43,46). The Morgan fingerprint density at radius 1 is 0.878 bits per heavy atom. The molecule has 2 aromatic heterocycles. The van der Waals surface area contributed by atoms with Crippen LogP contribution in [0, 0.1) is 5.92 Å². The van der Waals surface area contributed by atoms with Gasteiger partial charge in [-0.05, 0) is 96.7 Å². The number of carboxylic acids is 1. The Morgan fingerprint density at radius 2 is 1.71 bits per heavy atom. The number of nitrogens with zero attached hydrogens (tertiary/aromatic N) is 4. The number of anilines is 2. The number of para-hydroxylation sites is 1. The average molecular weight is 672 g/mol. The SMILES string of the molecule is CC(C1CCCCC1)N1CCc2cc(-c3ccc(N4CCc5cccc(C(=O)Nc6nc7ccccc7s6)c5C4)nc3C(=O)O)ccc2C1. The van der Waals surface area contributed by atoms with Crippen molar-refractivity contribution in [1.82, 2.24) is 14.9 Å². The topological polar surface area (TPSA) is 98.7 Å². The molecule has 0 spiro atoms. The number of fused-ring (bicyclic) bond motifs is 3. The van der Waals surface area contributed by atoms with Crippen LogP contribution in [-0.4, -0.2) is 51.0 Å². The summed E-state index contributed by atoms with van der Waals surface area (Å²) in [6.45, 7) is 5.53. The third-order valence-corrected chi connectivity index (χ3v) is 11.9. The number of pyridine rings is 1. The number of hydrogen-bond acceptors (Lipinski definition) is 7. The van der Waals surface area contributed by atoms with E-state index < -0.39 is 5.97 Å². The summed E-state index contributed by atoms with van der Waals surface area (Å²) in [5.41, 5.74) is 7.70. The summed E-state index contributed by atoms with van der Waals surface area (Å²) in [5.74, 6) is 0.138. The quantitative estimate of drug-likeness (QED) is 0.180. The van der Waals surface area contributed by atoms with Gasteiger partial charge in [-0.15, -0.1) is 0 Å². The lowest BCUT2D eigenvalue weighted by Gasteiger charge is -2.39. The van der Waals surface area contributed by atoms with Crippen LogP contribution in [0.15, 0.2) is 72.8 Å². The molecule has 1 atom stereocenters. The van der Waals surface area contributed by atoms with Gasteiger partial charge in [-0.3, -0.25) is 15.0 Å². The molecule has 1 saturated carbocycles. The molecule has 1 unspecified atom stereocenters. The second-order valence-corrected chi connectivity index (χ2v) is 14.8. The fraction of sp³-hybridized carbons (Fsp3) is 0.350. The molecule has 3 aromatic carbocycles. The van der Waals surface area contributed by atoms with E-state index >= 15 is 0 Å². The van der Waals surface area contributed by atoms with Crippen LogP contribution in [0.3, 0.4) is 0 Å². The predicted molar refractivity (Wildman–Crippen MR) is 196 cm³/mol. The molecule has 49 heavy (non-hydrogen) atoms. The van der Waals surface area contributed by atoms with E-state index in [1.807, 2.05) is 48.5 Å². The molecule has 2 aliphatic heterocycles. The van der Waals surface area contributed by atoms with E-state index in [0.29, 0.717) is 41.2 Å². The number of benzene rings is 3. The highest BCUT2D eigenvalue weighted by molar-refractivity contribution is 7.22. The number of carbonyl (C=O) groups is 2. The highest BCUT2D eigenvalue weighted by Gasteiger charge is 2.29. The summed E-state index contributed by atoms with van der Waals surface area (Å²) in [5, 5.41) is 13.9. The van der Waals surface area contributed by atoms with Gasteiger partial charge >= 0.3 is 5.97 Å². The number of hydrogen-bond donors (Lipinski definition) is 2. The molecule has 2 N–H and O–H groups in total. The molecule has 0 bridgehead atoms. The number of carboxylic acid groups (broad SMARTS) is 1. The van der Waals surface area contributed by atoms with E-state index in [0.717, 1.165) is 58.8 Å². The summed E-state index contributed by atoms with van der Waals surface area (Å²) in [6.07, 6.45) is 8.47. The number of nitrogens with one attached hydrogen (secondary N) is 1. The minimum atomic E-state index is -1.05. The van der Waals surface area contributed by atoms with E-state index in [2.05, 4.69) is 51.3 Å². The first-order valence-corrected chi connectivity index (χ1v) is 18.4. The molecule has 8 nitrogen and oxygen atoms in total. The van der Waals surface area contributed by atoms with Crippen LogP contribution in [0.1, 0.15) is 82.1 Å². The summed E-state index contributed by atoms with van der Waals surface area (Å²) in [7, 11) is 0. The van der Waals surface area contributed by atoms with E-state index in [9.17, 15) is 14.7 Å². The predicted octanol–water partition coefficient (Wildman–Crippen LogP) is 8.20. The summed E-state index contributed by atoms with van der Waals surface area (Å²) >= 11 is 1.45. The van der Waals surface area contributed by atoms with Gasteiger partial charge in [-0.1, -0.05) is 73.1 Å². The molecule has 4 heterocycles. The highest BCUT2D eigenvalue weighted by Crippen LogP contribution is 2.35. The average Bonchev–Trinajstić information content (AvgIpc) is 3.56. The van der Waals surface area contributed by atoms with E-state index in [1.165, 1.54) is 54.6 Å². The van der Waals surface area contributed by atoms with Gasteiger partial charge in [-0.2, -0.15) is 0 Å². The number of aromatic nitrogens is 2. The number of thiazole rings is 1. The highest BCUT2D eigenvalue weighted by atomic mass is 32.1. The smallest absolute Gasteiger partial charge is 0.355 e. The van der Waals surface area contributed by atoms with Crippen LogP contribution in [0.25, 0.3) is 21.3 Å². The molecule has 3 aliphatic rings. The van der Waals surface area contributed by atoms with Crippen molar-refractivity contribution in [2.45, 2.75) is 71.0 Å². The maximum Gasteiger partial charge on any atom is 0.355 e. The van der Waals surface area contributed by atoms with Crippen LogP contribution in [0.2, 0.25) is 0 Å². The first-order chi connectivity index (χ1) is 23.9. The molecule has 9 heteroatoms. The van der Waals surface area contributed by atoms with Gasteiger partial charge in [-0.25, -0.2) is 14.8 Å². The zero-order valence-electron chi connectivity index (χ0n) is 27.8. The normalized spacial score (nSPS) is 17.4. The van der Waals surface area contributed by atoms with Crippen molar-refractivity contribution >= 4 is 44.4 Å². The van der Waals surface area contributed by atoms with Crippen LogP contribution in [0.4, 0.5) is 10.9 Å². The van der Waals surface area contributed by atoms with Crippen molar-refractivity contribution in [1.29, 1.82) is 0 Å². The van der Waals surface area contributed by atoms with E-state index in [-0.39, 0.29) is 11.6 Å². The molecule has 250 valence electrons. The molecule has 1 fully saturated rings. The second-order valence-electron chi connectivity index (χ2n) is 13.8. The number of aromatic carboxylic acids is 1. The Hall–Kier alpha value is -4.60. The number of amides is 1. The summed E-state index contributed by atoms with van der Waals surface area (Å²) in [6, 6.07) is 24.5. The minimum absolute atomic E-state index is 0.0495. The molecule has 0 radical (unpaired) electrons. The Bertz CT molecular complexity index is 2020. The van der Waals surface area contributed by atoms with Crippen LogP contribution >= 0.6 is 11.3 Å². The van der Waals surface area contributed by atoms with Crippen molar-refractivity contribution in [3.63, 3.8) is 0 Å². The lowest BCUT2D eigenvalue weighted by Crippen LogP contribution is -2.42. The van der Waals surface area contributed by atoms with Gasteiger partial charge in [0.25, 0.3) is 5.91 Å². The van der Waals surface area contributed by atoms with Crippen molar-refractivity contribution in [2.75, 3.05) is 23.3 Å². The molecule has 1 aliphatic carbocycles. The van der Waals surface area contributed by atoms with Gasteiger partial charge in [0.05, 0.1) is 10.2 Å². The Balaban J connectivity index is 1.01. The molecule has 5 aromatic rings. The van der Waals surface area contributed by atoms with Crippen molar-refractivity contribution in [3.8, 4) is 11.1 Å². The van der Waals surface area contributed by atoms with E-state index in [4.69, 9.17) is 4.98 Å².